The molecule has 0 saturated carbocycles. The lowest BCUT2D eigenvalue weighted by Gasteiger charge is -2.26. The highest BCUT2D eigenvalue weighted by atomic mass is 16.3. The second-order valence-corrected chi connectivity index (χ2v) is 16.1. The van der Waals surface area contributed by atoms with Gasteiger partial charge in [0.25, 0.3) is 0 Å². The van der Waals surface area contributed by atoms with Gasteiger partial charge in [-0.1, -0.05) is 176 Å². The Hall–Kier alpha value is -8.40. The second-order valence-electron chi connectivity index (χ2n) is 16.1. The van der Waals surface area contributed by atoms with E-state index in [1.807, 2.05) is 6.07 Å². The molecule has 296 valence electrons. The fraction of sp³-hybridized carbons (Fsp3) is 0. The lowest BCUT2D eigenvalue weighted by atomic mass is 9.96. The van der Waals surface area contributed by atoms with E-state index in [9.17, 15) is 0 Å². The Morgan fingerprint density at radius 3 is 1.35 bits per heavy atom. The van der Waals surface area contributed by atoms with Crippen molar-refractivity contribution in [2.75, 3.05) is 4.90 Å². The molecule has 2 heterocycles. The van der Waals surface area contributed by atoms with Gasteiger partial charge < -0.3 is 13.9 Å². The van der Waals surface area contributed by atoms with Crippen LogP contribution in [-0.2, 0) is 0 Å². The van der Waals surface area contributed by atoms with Gasteiger partial charge in [0, 0.05) is 44.5 Å². The van der Waals surface area contributed by atoms with Crippen molar-refractivity contribution in [3.8, 4) is 50.2 Å². The van der Waals surface area contributed by atoms with Gasteiger partial charge in [-0.15, -0.1) is 0 Å². The molecule has 0 unspecified atom stereocenters. The highest BCUT2D eigenvalue weighted by Crippen LogP contribution is 2.46. The van der Waals surface area contributed by atoms with E-state index >= 15 is 0 Å². The summed E-state index contributed by atoms with van der Waals surface area (Å²) in [5.74, 6) is 0. The van der Waals surface area contributed by atoms with E-state index in [0.29, 0.717) is 0 Å². The smallest absolute Gasteiger partial charge is 0.145 e. The van der Waals surface area contributed by atoms with Crippen LogP contribution in [-0.4, -0.2) is 4.57 Å². The minimum Gasteiger partial charge on any atom is -0.455 e. The first-order chi connectivity index (χ1) is 31.2. The Morgan fingerprint density at radius 1 is 0.333 bits per heavy atom. The summed E-state index contributed by atoms with van der Waals surface area (Å²) in [5.41, 5.74) is 18.0. The first-order valence-electron chi connectivity index (χ1n) is 21.5. The van der Waals surface area contributed by atoms with Crippen LogP contribution >= 0.6 is 0 Å². The maximum atomic E-state index is 6.70. The third-order valence-electron chi connectivity index (χ3n) is 12.4. The molecule has 0 amide bonds. The predicted molar refractivity (Wildman–Crippen MR) is 264 cm³/mol. The van der Waals surface area contributed by atoms with Crippen molar-refractivity contribution in [1.82, 2.24) is 4.57 Å². The molecule has 12 aromatic rings. The van der Waals surface area contributed by atoms with Crippen LogP contribution < -0.4 is 4.90 Å². The van der Waals surface area contributed by atoms with Crippen molar-refractivity contribution >= 4 is 60.8 Å². The second kappa shape index (κ2) is 15.3. The molecule has 0 atom stereocenters. The fourth-order valence-corrected chi connectivity index (χ4v) is 9.36. The first-order valence-corrected chi connectivity index (χ1v) is 21.5. The number of benzene rings is 10. The van der Waals surface area contributed by atoms with Crippen molar-refractivity contribution in [2.24, 2.45) is 0 Å². The molecular formula is C60H40N2O. The molecule has 3 heteroatoms. The molecule has 3 nitrogen and oxygen atoms in total. The molecule has 0 bridgehead atoms. The Balaban J connectivity index is 0.903. The molecule has 0 N–H and O–H groups in total. The van der Waals surface area contributed by atoms with E-state index in [4.69, 9.17) is 4.42 Å². The largest absolute Gasteiger partial charge is 0.455 e. The number of hydrogen-bond acceptors (Lipinski definition) is 2. The van der Waals surface area contributed by atoms with Gasteiger partial charge in [0.15, 0.2) is 0 Å². The molecule has 0 aliphatic rings. The van der Waals surface area contributed by atoms with Crippen LogP contribution in [0.1, 0.15) is 0 Å². The third kappa shape index (κ3) is 6.38. The van der Waals surface area contributed by atoms with Crippen molar-refractivity contribution in [2.45, 2.75) is 0 Å². The minimum absolute atomic E-state index is 0.897. The Morgan fingerprint density at radius 2 is 0.762 bits per heavy atom. The number of furan rings is 1. The van der Waals surface area contributed by atoms with Gasteiger partial charge >= 0.3 is 0 Å². The molecule has 0 fully saturated rings. The van der Waals surface area contributed by atoms with Gasteiger partial charge in [-0.3, -0.25) is 0 Å². The molecule has 2 aromatic heterocycles. The van der Waals surface area contributed by atoms with Crippen molar-refractivity contribution in [3.63, 3.8) is 0 Å². The zero-order chi connectivity index (χ0) is 41.7. The molecular weight excluding hydrogens is 765 g/mol. The quantitative estimate of drug-likeness (QED) is 0.153. The Labute approximate surface area is 366 Å². The lowest BCUT2D eigenvalue weighted by Crippen LogP contribution is -2.09. The van der Waals surface area contributed by atoms with Gasteiger partial charge in [0.2, 0.25) is 0 Å². The van der Waals surface area contributed by atoms with Crippen LogP contribution in [0.25, 0.3) is 93.9 Å². The van der Waals surface area contributed by atoms with Crippen LogP contribution in [0.4, 0.5) is 17.1 Å². The summed E-state index contributed by atoms with van der Waals surface area (Å²) >= 11 is 0. The monoisotopic (exact) mass is 804 g/mol. The molecule has 0 saturated heterocycles. The van der Waals surface area contributed by atoms with Crippen molar-refractivity contribution < 1.29 is 4.42 Å². The van der Waals surface area contributed by atoms with Crippen LogP contribution in [0, 0.1) is 0 Å². The average molecular weight is 805 g/mol. The summed E-state index contributed by atoms with van der Waals surface area (Å²) in [4.78, 5) is 2.32. The van der Waals surface area contributed by atoms with E-state index in [0.717, 1.165) is 77.8 Å². The number of hydrogen-bond donors (Lipinski definition) is 0. The lowest BCUT2D eigenvalue weighted by molar-refractivity contribution is 0.673. The van der Waals surface area contributed by atoms with Crippen molar-refractivity contribution in [3.05, 3.63) is 243 Å². The SMILES string of the molecule is c1ccc(-c2ccc(-c3ccc(N(c4ccccc4)c4ccc(-c5ccc(-c6cc7c8ccccc8oc7c7c8ccccc8n(-c8ccccc8)c67)cc5)cc4)cc3)cc2)cc1. The third-order valence-corrected chi connectivity index (χ3v) is 12.4. The van der Waals surface area contributed by atoms with Crippen LogP contribution in [0.15, 0.2) is 247 Å². The predicted octanol–water partition coefficient (Wildman–Crippen LogP) is 16.8. The number of para-hydroxylation sites is 4. The first kappa shape index (κ1) is 36.5. The molecule has 63 heavy (non-hydrogen) atoms. The Kier molecular flexibility index (Phi) is 8.83. The van der Waals surface area contributed by atoms with Gasteiger partial charge in [-0.2, -0.15) is 0 Å². The van der Waals surface area contributed by atoms with E-state index in [1.165, 1.54) is 33.2 Å². The molecule has 0 aliphatic heterocycles. The minimum atomic E-state index is 0.897. The topological polar surface area (TPSA) is 21.3 Å². The van der Waals surface area contributed by atoms with Crippen LogP contribution in [0.2, 0.25) is 0 Å². The number of anilines is 3. The maximum Gasteiger partial charge on any atom is 0.145 e. The van der Waals surface area contributed by atoms with E-state index in [2.05, 4.69) is 246 Å². The fourth-order valence-electron chi connectivity index (χ4n) is 9.36. The standard InChI is InChI=1S/C60H40N2O/c1-4-14-41(15-5-1)42-24-26-43(27-25-42)45-32-36-50(37-33-45)61(48-16-6-2-7-17-48)51-38-34-46(35-39-51)44-28-30-47(31-29-44)54-40-55-52-20-11-13-23-57(52)63-60(55)58-53-21-10-12-22-56(53)62(59(54)58)49-18-8-3-9-19-49/h1-40H. The number of rotatable bonds is 8. The summed E-state index contributed by atoms with van der Waals surface area (Å²) in [5, 5.41) is 4.55. The van der Waals surface area contributed by atoms with Crippen LogP contribution in [0.3, 0.4) is 0 Å². The number of fused-ring (bicyclic) bond motifs is 7. The zero-order valence-corrected chi connectivity index (χ0v) is 34.4. The van der Waals surface area contributed by atoms with Crippen molar-refractivity contribution in [1.29, 1.82) is 0 Å². The van der Waals surface area contributed by atoms with Gasteiger partial charge in [-0.25, -0.2) is 0 Å². The molecule has 12 rings (SSSR count). The molecule has 0 spiro atoms. The van der Waals surface area contributed by atoms with Gasteiger partial charge in [0.1, 0.15) is 11.2 Å². The number of aromatic nitrogens is 1. The van der Waals surface area contributed by atoms with Crippen LogP contribution in [0.5, 0.6) is 0 Å². The summed E-state index contributed by atoms with van der Waals surface area (Å²) in [7, 11) is 0. The molecule has 0 radical (unpaired) electrons. The summed E-state index contributed by atoms with van der Waals surface area (Å²) in [6, 6.07) is 86.9. The maximum absolute atomic E-state index is 6.70. The average Bonchev–Trinajstić information content (AvgIpc) is 3.92. The zero-order valence-electron chi connectivity index (χ0n) is 34.4. The van der Waals surface area contributed by atoms with E-state index in [-0.39, 0.29) is 0 Å². The molecule has 0 aliphatic carbocycles. The summed E-state index contributed by atoms with van der Waals surface area (Å²) in [6.45, 7) is 0. The van der Waals surface area contributed by atoms with E-state index < -0.39 is 0 Å². The highest BCUT2D eigenvalue weighted by Gasteiger charge is 2.23. The van der Waals surface area contributed by atoms with Gasteiger partial charge in [-0.05, 0) is 106 Å². The normalized spacial score (nSPS) is 11.5. The Bertz CT molecular complexity index is 3550. The van der Waals surface area contributed by atoms with E-state index in [1.54, 1.807) is 0 Å². The van der Waals surface area contributed by atoms with Gasteiger partial charge in [0.05, 0.1) is 16.4 Å². The summed E-state index contributed by atoms with van der Waals surface area (Å²) in [6.07, 6.45) is 0. The number of nitrogens with zero attached hydrogens (tertiary/aromatic N) is 2. The summed E-state index contributed by atoms with van der Waals surface area (Å²) < 4.78 is 9.09. The highest BCUT2D eigenvalue weighted by molar-refractivity contribution is 6.27. The molecule has 10 aromatic carbocycles.